The lowest BCUT2D eigenvalue weighted by Gasteiger charge is -2.14. The van der Waals surface area contributed by atoms with Gasteiger partial charge in [-0.3, -0.25) is 14.9 Å². The average Bonchev–Trinajstić information content (AvgIpc) is 3.16. The zero-order valence-corrected chi connectivity index (χ0v) is 16.8. The summed E-state index contributed by atoms with van der Waals surface area (Å²) in [7, 11) is 3.98. The highest BCUT2D eigenvalue weighted by Gasteiger charge is 2.16. The summed E-state index contributed by atoms with van der Waals surface area (Å²) in [5, 5.41) is 13.9. The number of nitrogens with zero attached hydrogens (tertiary/aromatic N) is 2. The molecule has 0 aliphatic carbocycles. The van der Waals surface area contributed by atoms with E-state index in [0.717, 1.165) is 17.7 Å². The molecule has 7 nitrogen and oxygen atoms in total. The molecule has 0 radical (unpaired) electrons. The maximum absolute atomic E-state index is 12.5. The van der Waals surface area contributed by atoms with Gasteiger partial charge in [0.2, 0.25) is 0 Å². The van der Waals surface area contributed by atoms with Gasteiger partial charge in [-0.25, -0.2) is 0 Å². The van der Waals surface area contributed by atoms with Crippen LogP contribution in [0.15, 0.2) is 59.0 Å². The van der Waals surface area contributed by atoms with E-state index in [9.17, 15) is 14.9 Å². The number of amides is 1. The number of benzene rings is 2. The summed E-state index contributed by atoms with van der Waals surface area (Å²) < 4.78 is 5.62. The number of furan rings is 1. The molecule has 0 aliphatic heterocycles. The van der Waals surface area contributed by atoms with E-state index in [0.29, 0.717) is 17.9 Å². The van der Waals surface area contributed by atoms with Crippen molar-refractivity contribution >= 4 is 23.2 Å². The van der Waals surface area contributed by atoms with Crippen LogP contribution in [0, 0.1) is 10.1 Å². The van der Waals surface area contributed by atoms with Crippen molar-refractivity contribution in [3.05, 3.63) is 86.6 Å². The molecule has 2 aromatic carbocycles. The third-order valence-electron chi connectivity index (χ3n) is 4.30. The molecular weight excluding hydrogens is 394 g/mol. The summed E-state index contributed by atoms with van der Waals surface area (Å²) in [6.45, 7) is 1.15. The van der Waals surface area contributed by atoms with Gasteiger partial charge in [0.25, 0.3) is 11.6 Å². The van der Waals surface area contributed by atoms with Crippen molar-refractivity contribution in [2.24, 2.45) is 0 Å². The number of rotatable bonds is 7. The van der Waals surface area contributed by atoms with Crippen molar-refractivity contribution in [1.29, 1.82) is 0 Å². The van der Waals surface area contributed by atoms with E-state index in [1.165, 1.54) is 18.2 Å². The number of hydrogen-bond acceptors (Lipinski definition) is 5. The lowest BCUT2D eigenvalue weighted by Crippen LogP contribution is -2.23. The molecule has 3 rings (SSSR count). The fourth-order valence-electron chi connectivity index (χ4n) is 2.91. The van der Waals surface area contributed by atoms with Crippen molar-refractivity contribution < 1.29 is 14.1 Å². The molecule has 1 amide bonds. The predicted molar refractivity (Wildman–Crippen MR) is 111 cm³/mol. The van der Waals surface area contributed by atoms with Crippen LogP contribution in [0.5, 0.6) is 0 Å². The number of non-ortho nitro benzene ring substituents is 1. The molecule has 1 heterocycles. The molecule has 0 saturated heterocycles. The second kappa shape index (κ2) is 8.89. The van der Waals surface area contributed by atoms with Crippen LogP contribution in [0.3, 0.4) is 0 Å². The zero-order chi connectivity index (χ0) is 21.0. The Kier molecular flexibility index (Phi) is 6.31. The maximum Gasteiger partial charge on any atom is 0.287 e. The van der Waals surface area contributed by atoms with E-state index < -0.39 is 4.92 Å². The Balaban J connectivity index is 1.71. The van der Waals surface area contributed by atoms with Crippen LogP contribution in [0.25, 0.3) is 11.3 Å². The Morgan fingerprint density at radius 1 is 1.14 bits per heavy atom. The molecule has 29 heavy (non-hydrogen) atoms. The number of hydrogen-bond donors (Lipinski definition) is 1. The number of nitro benzene ring substituents is 1. The molecule has 0 bridgehead atoms. The minimum absolute atomic E-state index is 0.111. The van der Waals surface area contributed by atoms with Crippen LogP contribution in [0.1, 0.15) is 21.7 Å². The van der Waals surface area contributed by atoms with Gasteiger partial charge in [-0.05, 0) is 43.4 Å². The summed E-state index contributed by atoms with van der Waals surface area (Å²) in [6, 6.07) is 15.2. The Labute approximate surface area is 173 Å². The zero-order valence-electron chi connectivity index (χ0n) is 16.0. The van der Waals surface area contributed by atoms with E-state index in [2.05, 4.69) is 10.2 Å². The molecule has 1 aromatic heterocycles. The molecular formula is C21H20ClN3O4. The van der Waals surface area contributed by atoms with Gasteiger partial charge in [0.15, 0.2) is 5.76 Å². The number of nitrogens with one attached hydrogen (secondary N) is 1. The van der Waals surface area contributed by atoms with E-state index in [1.54, 1.807) is 12.1 Å². The standard InChI is InChI=1S/C21H20ClN3O4/c1-24(2)13-15-6-4-3-5-14(15)12-23-21(26)20-10-9-19(29-20)17-8-7-16(25(27)28)11-18(17)22/h3-11H,12-13H2,1-2H3,(H,23,26). The molecule has 1 N–H and O–H groups in total. The van der Waals surface area contributed by atoms with Crippen molar-refractivity contribution in [2.75, 3.05) is 14.1 Å². The minimum atomic E-state index is -0.523. The molecule has 0 fully saturated rings. The van der Waals surface area contributed by atoms with Gasteiger partial charge in [0.05, 0.1) is 9.95 Å². The normalized spacial score (nSPS) is 10.9. The fraction of sp³-hybridized carbons (Fsp3) is 0.190. The topological polar surface area (TPSA) is 88.6 Å². The molecule has 0 unspecified atom stereocenters. The fourth-order valence-corrected chi connectivity index (χ4v) is 3.18. The molecule has 0 atom stereocenters. The Morgan fingerprint density at radius 2 is 1.86 bits per heavy atom. The van der Waals surface area contributed by atoms with E-state index >= 15 is 0 Å². The van der Waals surface area contributed by atoms with Crippen LogP contribution in [-0.2, 0) is 13.1 Å². The first-order valence-corrected chi connectivity index (χ1v) is 9.27. The van der Waals surface area contributed by atoms with Gasteiger partial charge in [-0.1, -0.05) is 35.9 Å². The lowest BCUT2D eigenvalue weighted by atomic mass is 10.1. The quantitative estimate of drug-likeness (QED) is 0.455. The van der Waals surface area contributed by atoms with Gasteiger partial charge in [0, 0.05) is 30.8 Å². The summed E-state index contributed by atoms with van der Waals surface area (Å²) in [5.41, 5.74) is 2.53. The molecule has 0 aliphatic rings. The highest BCUT2D eigenvalue weighted by molar-refractivity contribution is 6.33. The smallest absolute Gasteiger partial charge is 0.287 e. The van der Waals surface area contributed by atoms with Crippen LogP contribution < -0.4 is 5.32 Å². The van der Waals surface area contributed by atoms with E-state index in [-0.39, 0.29) is 22.4 Å². The highest BCUT2D eigenvalue weighted by atomic mass is 35.5. The minimum Gasteiger partial charge on any atom is -0.451 e. The Hall–Kier alpha value is -3.16. The first-order valence-electron chi connectivity index (χ1n) is 8.89. The number of nitro groups is 1. The van der Waals surface area contributed by atoms with Crippen molar-refractivity contribution in [1.82, 2.24) is 10.2 Å². The molecule has 0 saturated carbocycles. The number of carbonyl (C=O) groups is 1. The second-order valence-electron chi connectivity index (χ2n) is 6.77. The molecule has 3 aromatic rings. The third-order valence-corrected chi connectivity index (χ3v) is 4.62. The summed E-state index contributed by atoms with van der Waals surface area (Å²) >= 11 is 6.13. The van der Waals surface area contributed by atoms with Gasteiger partial charge in [0.1, 0.15) is 5.76 Å². The van der Waals surface area contributed by atoms with Crippen molar-refractivity contribution in [3.8, 4) is 11.3 Å². The number of carbonyl (C=O) groups excluding carboxylic acids is 1. The van der Waals surface area contributed by atoms with Crippen molar-refractivity contribution in [3.63, 3.8) is 0 Å². The third kappa shape index (κ3) is 5.01. The van der Waals surface area contributed by atoms with Gasteiger partial charge < -0.3 is 14.6 Å². The monoisotopic (exact) mass is 413 g/mol. The largest absolute Gasteiger partial charge is 0.451 e. The predicted octanol–water partition coefficient (Wildman–Crippen LogP) is 4.50. The molecule has 150 valence electrons. The Morgan fingerprint density at radius 3 is 2.52 bits per heavy atom. The van der Waals surface area contributed by atoms with Gasteiger partial charge in [-0.15, -0.1) is 0 Å². The lowest BCUT2D eigenvalue weighted by molar-refractivity contribution is -0.384. The first-order chi connectivity index (χ1) is 13.8. The SMILES string of the molecule is CN(C)Cc1ccccc1CNC(=O)c1ccc(-c2ccc([N+](=O)[O-])cc2Cl)o1. The molecule has 0 spiro atoms. The van der Waals surface area contributed by atoms with Gasteiger partial charge >= 0.3 is 0 Å². The Bertz CT molecular complexity index is 1050. The van der Waals surface area contributed by atoms with E-state index in [4.69, 9.17) is 16.0 Å². The number of halogens is 1. The maximum atomic E-state index is 12.5. The summed E-state index contributed by atoms with van der Waals surface area (Å²) in [5.74, 6) is 0.150. The summed E-state index contributed by atoms with van der Waals surface area (Å²) in [6.07, 6.45) is 0. The average molecular weight is 414 g/mol. The molecule has 8 heteroatoms. The van der Waals surface area contributed by atoms with E-state index in [1.807, 2.05) is 38.4 Å². The van der Waals surface area contributed by atoms with Crippen LogP contribution in [0.4, 0.5) is 5.69 Å². The summed E-state index contributed by atoms with van der Waals surface area (Å²) in [4.78, 5) is 24.9. The van der Waals surface area contributed by atoms with Gasteiger partial charge in [-0.2, -0.15) is 0 Å². The van der Waals surface area contributed by atoms with Crippen LogP contribution in [-0.4, -0.2) is 29.8 Å². The highest BCUT2D eigenvalue weighted by Crippen LogP contribution is 2.32. The van der Waals surface area contributed by atoms with Crippen LogP contribution in [0.2, 0.25) is 5.02 Å². The van der Waals surface area contributed by atoms with Crippen LogP contribution >= 0.6 is 11.6 Å². The second-order valence-corrected chi connectivity index (χ2v) is 7.18. The van der Waals surface area contributed by atoms with Crippen molar-refractivity contribution in [2.45, 2.75) is 13.1 Å². The first kappa shape index (κ1) is 20.6.